The number of nitrogens with one attached hydrogen (secondary N) is 2. The Bertz CT molecular complexity index is 513. The number of hydrogen-bond donors (Lipinski definition) is 2. The number of benzene rings is 1. The summed E-state index contributed by atoms with van der Waals surface area (Å²) in [7, 11) is 1.37. The fourth-order valence-corrected chi connectivity index (χ4v) is 1.46. The Morgan fingerprint density at radius 3 is 2.41 bits per heavy atom. The molecule has 0 aliphatic carbocycles. The van der Waals surface area contributed by atoms with Gasteiger partial charge in [-0.05, 0) is 30.7 Å². The largest absolute Gasteiger partial charge is 0.494 e. The second-order valence-corrected chi connectivity index (χ2v) is 4.43. The minimum Gasteiger partial charge on any atom is -0.494 e. The van der Waals surface area contributed by atoms with E-state index in [1.165, 1.54) is 7.05 Å². The number of carbonyl (C=O) groups is 3. The Labute approximate surface area is 129 Å². The fourth-order valence-electron chi connectivity index (χ4n) is 1.46. The van der Waals surface area contributed by atoms with E-state index in [4.69, 9.17) is 9.47 Å². The second kappa shape index (κ2) is 9.38. The van der Waals surface area contributed by atoms with Crippen LogP contribution < -0.4 is 15.4 Å². The molecule has 0 saturated carbocycles. The SMILES string of the molecule is CCCCOc1ccc(C(=O)OCC(=O)NC(=O)NC)cc1. The first kappa shape index (κ1) is 17.5. The molecule has 0 saturated heterocycles. The van der Waals surface area contributed by atoms with Crippen LogP contribution in [0.3, 0.4) is 0 Å². The van der Waals surface area contributed by atoms with Crippen molar-refractivity contribution in [2.45, 2.75) is 19.8 Å². The van der Waals surface area contributed by atoms with Crippen molar-refractivity contribution in [3.05, 3.63) is 29.8 Å². The predicted octanol–water partition coefficient (Wildman–Crippen LogP) is 1.48. The number of hydrogen-bond acceptors (Lipinski definition) is 5. The van der Waals surface area contributed by atoms with Crippen LogP contribution in [0.1, 0.15) is 30.1 Å². The van der Waals surface area contributed by atoms with Crippen molar-refractivity contribution in [1.29, 1.82) is 0 Å². The highest BCUT2D eigenvalue weighted by Gasteiger charge is 2.11. The molecule has 0 atom stereocenters. The van der Waals surface area contributed by atoms with Crippen LogP contribution in [0.25, 0.3) is 0 Å². The molecule has 0 radical (unpaired) electrons. The van der Waals surface area contributed by atoms with Gasteiger partial charge >= 0.3 is 12.0 Å². The van der Waals surface area contributed by atoms with Gasteiger partial charge in [0.2, 0.25) is 0 Å². The quantitative estimate of drug-likeness (QED) is 0.588. The smallest absolute Gasteiger partial charge is 0.338 e. The zero-order valence-corrected chi connectivity index (χ0v) is 12.7. The number of urea groups is 1. The van der Waals surface area contributed by atoms with Crippen molar-refractivity contribution in [2.75, 3.05) is 20.3 Å². The first-order valence-electron chi connectivity index (χ1n) is 6.98. The fraction of sp³-hybridized carbons (Fsp3) is 0.400. The molecule has 1 aromatic rings. The van der Waals surface area contributed by atoms with E-state index in [1.54, 1.807) is 24.3 Å². The lowest BCUT2D eigenvalue weighted by atomic mass is 10.2. The van der Waals surface area contributed by atoms with E-state index in [9.17, 15) is 14.4 Å². The molecule has 0 unspecified atom stereocenters. The molecule has 1 rings (SSSR count). The predicted molar refractivity (Wildman–Crippen MR) is 79.7 cm³/mol. The van der Waals surface area contributed by atoms with E-state index in [0.717, 1.165) is 12.8 Å². The highest BCUT2D eigenvalue weighted by atomic mass is 16.5. The summed E-state index contributed by atoms with van der Waals surface area (Å²) >= 11 is 0. The maximum absolute atomic E-state index is 11.7. The first-order valence-corrected chi connectivity index (χ1v) is 6.98. The molecule has 22 heavy (non-hydrogen) atoms. The third kappa shape index (κ3) is 6.25. The number of carbonyl (C=O) groups excluding carboxylic acids is 3. The van der Waals surface area contributed by atoms with Crippen LogP contribution in [-0.2, 0) is 9.53 Å². The van der Waals surface area contributed by atoms with Gasteiger partial charge in [-0.1, -0.05) is 13.3 Å². The van der Waals surface area contributed by atoms with Crippen molar-refractivity contribution >= 4 is 17.9 Å². The Kier molecular flexibility index (Phi) is 7.45. The summed E-state index contributed by atoms with van der Waals surface area (Å²) in [5.41, 5.74) is 0.301. The van der Waals surface area contributed by atoms with Crippen molar-refractivity contribution in [3.8, 4) is 5.75 Å². The number of imide groups is 1. The molecule has 1 aromatic carbocycles. The summed E-state index contributed by atoms with van der Waals surface area (Å²) in [5.74, 6) is -0.679. The number of unbranched alkanes of at least 4 members (excludes halogenated alkanes) is 1. The molecule has 7 nitrogen and oxygen atoms in total. The number of amides is 3. The Morgan fingerprint density at radius 2 is 1.82 bits per heavy atom. The molecule has 0 aliphatic rings. The van der Waals surface area contributed by atoms with Gasteiger partial charge in [0.1, 0.15) is 5.75 Å². The van der Waals surface area contributed by atoms with Crippen LogP contribution in [-0.4, -0.2) is 38.2 Å². The third-order valence-electron chi connectivity index (χ3n) is 2.67. The van der Waals surface area contributed by atoms with Crippen LogP contribution in [0.5, 0.6) is 5.75 Å². The van der Waals surface area contributed by atoms with Crippen LogP contribution >= 0.6 is 0 Å². The Morgan fingerprint density at radius 1 is 1.14 bits per heavy atom. The summed E-state index contributed by atoms with van der Waals surface area (Å²) in [5, 5.41) is 4.21. The van der Waals surface area contributed by atoms with Crippen molar-refractivity contribution in [3.63, 3.8) is 0 Å². The number of rotatable bonds is 7. The van der Waals surface area contributed by atoms with E-state index in [2.05, 4.69) is 12.2 Å². The molecular formula is C15H20N2O5. The molecular weight excluding hydrogens is 288 g/mol. The molecule has 0 heterocycles. The van der Waals surface area contributed by atoms with Crippen molar-refractivity contribution < 1.29 is 23.9 Å². The zero-order chi connectivity index (χ0) is 16.4. The molecule has 0 spiro atoms. The first-order chi connectivity index (χ1) is 10.6. The van der Waals surface area contributed by atoms with Gasteiger partial charge in [-0.15, -0.1) is 0 Å². The normalized spacial score (nSPS) is 9.73. The molecule has 3 amide bonds. The third-order valence-corrected chi connectivity index (χ3v) is 2.67. The summed E-state index contributed by atoms with van der Waals surface area (Å²) < 4.78 is 10.3. The van der Waals surface area contributed by atoms with Gasteiger partial charge in [0.15, 0.2) is 6.61 Å². The minimum absolute atomic E-state index is 0.301. The van der Waals surface area contributed by atoms with Gasteiger partial charge in [-0.2, -0.15) is 0 Å². The lowest BCUT2D eigenvalue weighted by Gasteiger charge is -2.07. The van der Waals surface area contributed by atoms with E-state index in [0.29, 0.717) is 17.9 Å². The van der Waals surface area contributed by atoms with Crippen LogP contribution in [0.2, 0.25) is 0 Å². The average molecular weight is 308 g/mol. The summed E-state index contributed by atoms with van der Waals surface area (Å²) in [6.45, 7) is 2.17. The monoisotopic (exact) mass is 308 g/mol. The lowest BCUT2D eigenvalue weighted by Crippen LogP contribution is -2.39. The lowest BCUT2D eigenvalue weighted by molar-refractivity contribution is -0.123. The van der Waals surface area contributed by atoms with Gasteiger partial charge in [0, 0.05) is 7.05 Å². The van der Waals surface area contributed by atoms with E-state index < -0.39 is 24.5 Å². The van der Waals surface area contributed by atoms with Crippen LogP contribution in [0.4, 0.5) is 4.79 Å². The van der Waals surface area contributed by atoms with Gasteiger partial charge in [0.25, 0.3) is 5.91 Å². The number of ether oxygens (including phenoxy) is 2. The van der Waals surface area contributed by atoms with Gasteiger partial charge in [0.05, 0.1) is 12.2 Å². The summed E-state index contributed by atoms with van der Waals surface area (Å²) in [6.07, 6.45) is 2.01. The maximum atomic E-state index is 11.7. The van der Waals surface area contributed by atoms with E-state index in [-0.39, 0.29) is 0 Å². The topological polar surface area (TPSA) is 93.7 Å². The van der Waals surface area contributed by atoms with Gasteiger partial charge in [-0.3, -0.25) is 10.1 Å². The maximum Gasteiger partial charge on any atom is 0.338 e. The van der Waals surface area contributed by atoms with Gasteiger partial charge < -0.3 is 14.8 Å². The van der Waals surface area contributed by atoms with E-state index >= 15 is 0 Å². The molecule has 7 heteroatoms. The van der Waals surface area contributed by atoms with Gasteiger partial charge in [-0.25, -0.2) is 9.59 Å². The molecule has 2 N–H and O–H groups in total. The standard InChI is InChI=1S/C15H20N2O5/c1-3-4-9-21-12-7-5-11(6-8-12)14(19)22-10-13(18)17-15(20)16-2/h5-8H,3-4,9-10H2,1-2H3,(H2,16,17,18,20). The molecule has 120 valence electrons. The number of esters is 1. The van der Waals surface area contributed by atoms with Crippen LogP contribution in [0.15, 0.2) is 24.3 Å². The second-order valence-electron chi connectivity index (χ2n) is 4.43. The summed E-state index contributed by atoms with van der Waals surface area (Å²) in [4.78, 5) is 33.9. The molecule has 0 aliphatic heterocycles. The zero-order valence-electron chi connectivity index (χ0n) is 12.7. The highest BCUT2D eigenvalue weighted by Crippen LogP contribution is 2.13. The molecule has 0 aromatic heterocycles. The molecule has 0 bridgehead atoms. The molecule has 0 fully saturated rings. The Hall–Kier alpha value is -2.57. The van der Waals surface area contributed by atoms with Crippen molar-refractivity contribution in [2.24, 2.45) is 0 Å². The van der Waals surface area contributed by atoms with Crippen molar-refractivity contribution in [1.82, 2.24) is 10.6 Å². The van der Waals surface area contributed by atoms with E-state index in [1.807, 2.05) is 5.32 Å². The van der Waals surface area contributed by atoms with Crippen LogP contribution in [0, 0.1) is 0 Å². The average Bonchev–Trinajstić information content (AvgIpc) is 2.53. The minimum atomic E-state index is -0.702. The Balaban J connectivity index is 2.42. The summed E-state index contributed by atoms with van der Waals surface area (Å²) in [6, 6.07) is 5.78. The highest BCUT2D eigenvalue weighted by molar-refractivity contribution is 5.96.